The van der Waals surface area contributed by atoms with E-state index < -0.39 is 0 Å². The number of anilines is 1. The molecule has 0 saturated carbocycles. The molecule has 3 N–H and O–H groups in total. The van der Waals surface area contributed by atoms with Gasteiger partial charge in [-0.15, -0.1) is 0 Å². The lowest BCUT2D eigenvalue weighted by Crippen LogP contribution is -2.27. The summed E-state index contributed by atoms with van der Waals surface area (Å²) in [5.74, 6) is 0.479. The van der Waals surface area contributed by atoms with Crippen LogP contribution in [0.1, 0.15) is 0 Å². The molecule has 8 nitrogen and oxygen atoms in total. The molecule has 130 valence electrons. The van der Waals surface area contributed by atoms with E-state index in [0.29, 0.717) is 18.0 Å². The number of amides is 1. The topological polar surface area (TPSA) is 111 Å². The molecule has 0 unspecified atom stereocenters. The second kappa shape index (κ2) is 8.55. The van der Waals surface area contributed by atoms with Crippen LogP contribution >= 0.6 is 0 Å². The first-order valence-corrected chi connectivity index (χ1v) is 7.47. The van der Waals surface area contributed by atoms with Gasteiger partial charge in [-0.25, -0.2) is 4.98 Å². The van der Waals surface area contributed by atoms with Crippen molar-refractivity contribution >= 4 is 29.2 Å². The van der Waals surface area contributed by atoms with Crippen LogP contribution in [0.5, 0.6) is 0 Å². The van der Waals surface area contributed by atoms with E-state index in [1.165, 1.54) is 0 Å². The van der Waals surface area contributed by atoms with Crippen LogP contribution in [0.4, 0.5) is 5.82 Å². The molecule has 1 amide bonds. The third kappa shape index (κ3) is 4.61. The standard InChI is InChI=1S/C16H17N5O.CH2O2/c1-21(2)10-13(22)18-16-14-12(11-6-4-3-5-7-11)8-9-17-15(14)19-20-16;2-1-3/h3-9H,10H2,1-2H3,(H2,17,18,19,20,22);1H,(H,2,3). The summed E-state index contributed by atoms with van der Waals surface area (Å²) in [4.78, 5) is 26.4. The van der Waals surface area contributed by atoms with Gasteiger partial charge in [0.1, 0.15) is 5.82 Å². The maximum atomic E-state index is 12.0. The molecule has 0 radical (unpaired) electrons. The number of fused-ring (bicyclic) bond motifs is 1. The average molecular weight is 341 g/mol. The summed E-state index contributed by atoms with van der Waals surface area (Å²) in [5, 5.41) is 17.6. The first-order valence-electron chi connectivity index (χ1n) is 7.47. The predicted octanol–water partition coefficient (Wildman–Crippen LogP) is 1.83. The van der Waals surface area contributed by atoms with E-state index in [1.54, 1.807) is 6.20 Å². The number of carbonyl (C=O) groups excluding carboxylic acids is 1. The second-order valence-corrected chi connectivity index (χ2v) is 5.41. The van der Waals surface area contributed by atoms with Gasteiger partial charge in [0.2, 0.25) is 5.91 Å². The van der Waals surface area contributed by atoms with Gasteiger partial charge in [-0.2, -0.15) is 5.10 Å². The molecule has 2 aromatic heterocycles. The summed E-state index contributed by atoms with van der Waals surface area (Å²) in [6, 6.07) is 11.9. The smallest absolute Gasteiger partial charge is 0.290 e. The zero-order valence-electron chi connectivity index (χ0n) is 13.9. The van der Waals surface area contributed by atoms with E-state index in [4.69, 9.17) is 9.90 Å². The SMILES string of the molecule is CN(C)CC(=O)Nc1[nH]nc2nccc(-c3ccccc3)c12.O=CO. The zero-order chi connectivity index (χ0) is 18.2. The highest BCUT2D eigenvalue weighted by Gasteiger charge is 2.14. The van der Waals surface area contributed by atoms with Gasteiger partial charge in [-0.1, -0.05) is 30.3 Å². The van der Waals surface area contributed by atoms with E-state index in [2.05, 4.69) is 20.5 Å². The molecule has 0 saturated heterocycles. The second-order valence-electron chi connectivity index (χ2n) is 5.41. The lowest BCUT2D eigenvalue weighted by molar-refractivity contribution is -0.123. The molecule has 0 fully saturated rings. The molecule has 3 rings (SSSR count). The molecule has 0 aliphatic heterocycles. The fourth-order valence-corrected chi connectivity index (χ4v) is 2.36. The van der Waals surface area contributed by atoms with E-state index in [1.807, 2.05) is 55.4 Å². The van der Waals surface area contributed by atoms with Gasteiger partial charge in [0.15, 0.2) is 5.65 Å². The molecule has 0 bridgehead atoms. The van der Waals surface area contributed by atoms with Gasteiger partial charge in [0.05, 0.1) is 11.9 Å². The van der Waals surface area contributed by atoms with Crippen molar-refractivity contribution in [2.24, 2.45) is 0 Å². The number of aromatic amines is 1. The Morgan fingerprint density at radius 2 is 1.96 bits per heavy atom. The van der Waals surface area contributed by atoms with Crippen LogP contribution < -0.4 is 5.32 Å². The average Bonchev–Trinajstić information content (AvgIpc) is 2.99. The Bertz CT molecular complexity index is 846. The minimum atomic E-state index is -0.250. The summed E-state index contributed by atoms with van der Waals surface area (Å²) < 4.78 is 0. The van der Waals surface area contributed by atoms with Gasteiger partial charge >= 0.3 is 0 Å². The summed E-state index contributed by atoms with van der Waals surface area (Å²) in [7, 11) is 3.70. The molecule has 1 aromatic carbocycles. The first kappa shape index (κ1) is 18.1. The minimum Gasteiger partial charge on any atom is -0.483 e. The largest absolute Gasteiger partial charge is 0.483 e. The number of pyridine rings is 1. The fraction of sp³-hybridized carbons (Fsp3) is 0.176. The van der Waals surface area contributed by atoms with Crippen molar-refractivity contribution < 1.29 is 14.7 Å². The van der Waals surface area contributed by atoms with E-state index >= 15 is 0 Å². The van der Waals surface area contributed by atoms with E-state index in [-0.39, 0.29) is 12.4 Å². The maximum Gasteiger partial charge on any atom is 0.290 e. The fourth-order valence-electron chi connectivity index (χ4n) is 2.36. The van der Waals surface area contributed by atoms with E-state index in [0.717, 1.165) is 16.5 Å². The Labute approximate surface area is 144 Å². The molecular formula is C17H19N5O3. The quantitative estimate of drug-likeness (QED) is 0.624. The summed E-state index contributed by atoms with van der Waals surface area (Å²) in [6.45, 7) is 0.0570. The number of benzene rings is 1. The lowest BCUT2D eigenvalue weighted by atomic mass is 10.0. The summed E-state index contributed by atoms with van der Waals surface area (Å²) in [6.07, 6.45) is 1.72. The maximum absolute atomic E-state index is 12.0. The van der Waals surface area contributed by atoms with Crippen molar-refractivity contribution in [1.82, 2.24) is 20.1 Å². The number of carboxylic acid groups (broad SMARTS) is 1. The zero-order valence-corrected chi connectivity index (χ0v) is 13.9. The monoisotopic (exact) mass is 341 g/mol. The number of hydrogen-bond donors (Lipinski definition) is 3. The number of rotatable bonds is 4. The highest BCUT2D eigenvalue weighted by Crippen LogP contribution is 2.31. The molecule has 0 aliphatic carbocycles. The Morgan fingerprint density at radius 3 is 2.60 bits per heavy atom. The van der Waals surface area contributed by atoms with E-state index in [9.17, 15) is 4.79 Å². The highest BCUT2D eigenvalue weighted by atomic mass is 16.3. The normalized spacial score (nSPS) is 10.2. The lowest BCUT2D eigenvalue weighted by Gasteiger charge is -2.10. The first-order chi connectivity index (χ1) is 12.1. The van der Waals surface area contributed by atoms with Gasteiger partial charge < -0.3 is 15.3 Å². The van der Waals surface area contributed by atoms with Crippen molar-refractivity contribution in [2.75, 3.05) is 26.0 Å². The van der Waals surface area contributed by atoms with Crippen molar-refractivity contribution in [3.8, 4) is 11.1 Å². The molecule has 0 spiro atoms. The molecule has 3 aromatic rings. The van der Waals surface area contributed by atoms with Crippen molar-refractivity contribution in [1.29, 1.82) is 0 Å². The molecule has 25 heavy (non-hydrogen) atoms. The number of aromatic nitrogens is 3. The van der Waals surface area contributed by atoms with Crippen molar-refractivity contribution in [2.45, 2.75) is 0 Å². The number of nitrogens with one attached hydrogen (secondary N) is 2. The molecular weight excluding hydrogens is 322 g/mol. The molecule has 2 heterocycles. The third-order valence-electron chi connectivity index (χ3n) is 3.26. The number of carbonyl (C=O) groups is 2. The molecule has 0 aliphatic rings. The molecule has 8 heteroatoms. The van der Waals surface area contributed by atoms with Crippen LogP contribution in [0.15, 0.2) is 42.6 Å². The third-order valence-corrected chi connectivity index (χ3v) is 3.26. The van der Waals surface area contributed by atoms with Gasteiger partial charge in [0, 0.05) is 6.20 Å². The van der Waals surface area contributed by atoms with Crippen LogP contribution in [0.25, 0.3) is 22.2 Å². The van der Waals surface area contributed by atoms with Gasteiger partial charge in [0.25, 0.3) is 6.47 Å². The Balaban J connectivity index is 0.000000701. The summed E-state index contributed by atoms with van der Waals surface area (Å²) >= 11 is 0. The number of hydrogen-bond acceptors (Lipinski definition) is 5. The Hall–Kier alpha value is -3.26. The number of nitrogens with zero attached hydrogens (tertiary/aromatic N) is 3. The van der Waals surface area contributed by atoms with Crippen LogP contribution in [0.2, 0.25) is 0 Å². The molecule has 0 atom stereocenters. The number of likely N-dealkylation sites (N-methyl/N-ethyl adjacent to an activating group) is 1. The van der Waals surface area contributed by atoms with Crippen LogP contribution in [0.3, 0.4) is 0 Å². The van der Waals surface area contributed by atoms with Crippen LogP contribution in [-0.2, 0) is 9.59 Å². The van der Waals surface area contributed by atoms with Crippen molar-refractivity contribution in [3.05, 3.63) is 42.6 Å². The van der Waals surface area contributed by atoms with Crippen LogP contribution in [-0.4, -0.2) is 58.2 Å². The summed E-state index contributed by atoms with van der Waals surface area (Å²) in [5.41, 5.74) is 2.63. The van der Waals surface area contributed by atoms with Crippen molar-refractivity contribution in [3.63, 3.8) is 0 Å². The van der Waals surface area contributed by atoms with Crippen LogP contribution in [0, 0.1) is 0 Å². The number of H-pyrrole nitrogens is 1. The van der Waals surface area contributed by atoms with Gasteiger partial charge in [-0.05, 0) is 31.3 Å². The highest BCUT2D eigenvalue weighted by molar-refractivity contribution is 6.05. The predicted molar refractivity (Wildman–Crippen MR) is 95.2 cm³/mol. The Kier molecular flexibility index (Phi) is 6.19. The Morgan fingerprint density at radius 1 is 1.28 bits per heavy atom. The minimum absolute atomic E-state index is 0.0987. The van der Waals surface area contributed by atoms with Gasteiger partial charge in [-0.3, -0.25) is 14.7 Å².